The molecule has 3 amide bonds. The second-order valence-electron chi connectivity index (χ2n) is 8.04. The van der Waals surface area contributed by atoms with Gasteiger partial charge in [0.25, 0.3) is 0 Å². The molecule has 1 aromatic heterocycles. The van der Waals surface area contributed by atoms with Gasteiger partial charge >= 0.3 is 6.03 Å². The minimum atomic E-state index is -0.217. The summed E-state index contributed by atoms with van der Waals surface area (Å²) in [4.78, 5) is 31.6. The Bertz CT molecular complexity index is 838. The number of amides is 3. The van der Waals surface area contributed by atoms with Crippen LogP contribution in [0.15, 0.2) is 48.8 Å². The molecule has 2 unspecified atom stereocenters. The van der Waals surface area contributed by atoms with Crippen LogP contribution in [0.4, 0.5) is 4.79 Å². The van der Waals surface area contributed by atoms with Crippen LogP contribution in [0.5, 0.6) is 0 Å². The number of pyridine rings is 1. The number of nitrogens with one attached hydrogen (secondary N) is 2. The number of nitrogens with zero attached hydrogens (tertiary/aromatic N) is 2. The molecule has 6 heteroatoms. The van der Waals surface area contributed by atoms with Crippen LogP contribution in [0, 0.1) is 12.8 Å². The maximum absolute atomic E-state index is 12.9. The summed E-state index contributed by atoms with van der Waals surface area (Å²) in [5.74, 6) is -0.232. The highest BCUT2D eigenvalue weighted by molar-refractivity contribution is 5.81. The third-order valence-corrected chi connectivity index (χ3v) is 5.24. The van der Waals surface area contributed by atoms with Gasteiger partial charge in [-0.25, -0.2) is 4.79 Å². The Morgan fingerprint density at radius 2 is 2.03 bits per heavy atom. The van der Waals surface area contributed by atoms with E-state index < -0.39 is 0 Å². The molecule has 1 saturated heterocycles. The lowest BCUT2D eigenvalue weighted by Gasteiger charge is -2.40. The topological polar surface area (TPSA) is 74.3 Å². The number of aryl methyl sites for hydroxylation is 1. The first-order valence-electron chi connectivity index (χ1n) is 10.2. The van der Waals surface area contributed by atoms with Crippen molar-refractivity contribution in [2.45, 2.75) is 52.2 Å². The van der Waals surface area contributed by atoms with Crippen molar-refractivity contribution < 1.29 is 9.59 Å². The predicted molar refractivity (Wildman–Crippen MR) is 113 cm³/mol. The summed E-state index contributed by atoms with van der Waals surface area (Å²) in [7, 11) is 0. The van der Waals surface area contributed by atoms with Crippen molar-refractivity contribution in [3.05, 3.63) is 65.5 Å². The predicted octanol–water partition coefficient (Wildman–Crippen LogP) is 3.58. The lowest BCUT2D eigenvalue weighted by Crippen LogP contribution is -2.51. The molecule has 1 fully saturated rings. The number of hydrogen-bond acceptors (Lipinski definition) is 3. The number of carbonyl (C=O) groups is 2. The number of carbonyl (C=O) groups excluding carboxylic acids is 2. The maximum Gasteiger partial charge on any atom is 0.318 e. The molecule has 3 rings (SSSR count). The van der Waals surface area contributed by atoms with E-state index in [2.05, 4.69) is 40.7 Å². The lowest BCUT2D eigenvalue weighted by molar-refractivity contribution is -0.126. The smallest absolute Gasteiger partial charge is 0.318 e. The number of aromatic nitrogens is 1. The molecule has 0 saturated carbocycles. The lowest BCUT2D eigenvalue weighted by atomic mass is 9.88. The molecule has 1 aliphatic heterocycles. The van der Waals surface area contributed by atoms with Crippen molar-refractivity contribution in [1.29, 1.82) is 0 Å². The molecular weight excluding hydrogens is 364 g/mol. The fourth-order valence-electron chi connectivity index (χ4n) is 3.80. The Hall–Kier alpha value is -2.89. The number of benzene rings is 1. The normalized spacial score (nSPS) is 19.1. The largest absolute Gasteiger partial charge is 0.352 e. The summed E-state index contributed by atoms with van der Waals surface area (Å²) in [6, 6.07) is 12.0. The Morgan fingerprint density at radius 3 is 2.72 bits per heavy atom. The van der Waals surface area contributed by atoms with E-state index in [1.54, 1.807) is 12.4 Å². The van der Waals surface area contributed by atoms with E-state index in [1.807, 2.05) is 36.9 Å². The van der Waals surface area contributed by atoms with Gasteiger partial charge in [-0.15, -0.1) is 0 Å². The highest BCUT2D eigenvalue weighted by atomic mass is 16.2. The van der Waals surface area contributed by atoms with Crippen molar-refractivity contribution >= 4 is 11.9 Å². The molecule has 0 spiro atoms. The van der Waals surface area contributed by atoms with E-state index >= 15 is 0 Å². The molecule has 154 valence electrons. The monoisotopic (exact) mass is 394 g/mol. The third kappa shape index (κ3) is 5.56. The minimum absolute atomic E-state index is 0.0149. The third-order valence-electron chi connectivity index (χ3n) is 5.24. The van der Waals surface area contributed by atoms with Gasteiger partial charge in [0.15, 0.2) is 0 Å². The van der Waals surface area contributed by atoms with Gasteiger partial charge in [0.1, 0.15) is 0 Å². The molecule has 2 atom stereocenters. The van der Waals surface area contributed by atoms with Crippen LogP contribution in [-0.2, 0) is 11.3 Å². The van der Waals surface area contributed by atoms with Gasteiger partial charge in [-0.2, -0.15) is 0 Å². The van der Waals surface area contributed by atoms with E-state index in [0.29, 0.717) is 13.1 Å². The standard InChI is InChI=1S/C23H30N4O2/c1-16(2)26-23(29)27-15-20(22(28)25-14-18-7-5-11-24-13-18)9-10-21(27)19-8-4-6-17(3)12-19/h4-8,11-13,16,20-21H,9-10,14-15H2,1-3H3,(H,25,28)(H,26,29). The molecule has 2 aromatic rings. The van der Waals surface area contributed by atoms with Gasteiger partial charge in [-0.1, -0.05) is 35.9 Å². The Morgan fingerprint density at radius 1 is 1.21 bits per heavy atom. The van der Waals surface area contributed by atoms with Crippen LogP contribution in [0.3, 0.4) is 0 Å². The number of urea groups is 1. The van der Waals surface area contributed by atoms with E-state index in [1.165, 1.54) is 5.56 Å². The zero-order valence-electron chi connectivity index (χ0n) is 17.4. The van der Waals surface area contributed by atoms with Crippen LogP contribution < -0.4 is 10.6 Å². The Balaban J connectivity index is 1.71. The summed E-state index contributed by atoms with van der Waals surface area (Å²) in [5, 5.41) is 5.99. The average molecular weight is 395 g/mol. The van der Waals surface area contributed by atoms with E-state index in [4.69, 9.17) is 0 Å². The van der Waals surface area contributed by atoms with Gasteiger partial charge in [-0.05, 0) is 50.8 Å². The van der Waals surface area contributed by atoms with Crippen molar-refractivity contribution in [2.75, 3.05) is 6.54 Å². The van der Waals surface area contributed by atoms with Gasteiger partial charge in [0.05, 0.1) is 12.0 Å². The van der Waals surface area contributed by atoms with E-state index in [-0.39, 0.29) is 29.9 Å². The summed E-state index contributed by atoms with van der Waals surface area (Å²) < 4.78 is 0. The fraction of sp³-hybridized carbons (Fsp3) is 0.435. The minimum Gasteiger partial charge on any atom is -0.352 e. The number of likely N-dealkylation sites (tertiary alicyclic amines) is 1. The van der Waals surface area contributed by atoms with Crippen molar-refractivity contribution in [2.24, 2.45) is 5.92 Å². The van der Waals surface area contributed by atoms with Gasteiger partial charge in [0.2, 0.25) is 5.91 Å². The molecule has 0 bridgehead atoms. The Kier molecular flexibility index (Phi) is 6.86. The molecule has 0 radical (unpaired) electrons. The summed E-state index contributed by atoms with van der Waals surface area (Å²) >= 11 is 0. The van der Waals surface area contributed by atoms with Gasteiger partial charge < -0.3 is 15.5 Å². The number of piperidine rings is 1. The van der Waals surface area contributed by atoms with Crippen molar-refractivity contribution in [3.8, 4) is 0 Å². The maximum atomic E-state index is 12.9. The van der Waals surface area contributed by atoms with Crippen molar-refractivity contribution in [3.63, 3.8) is 0 Å². The van der Waals surface area contributed by atoms with Gasteiger partial charge in [0, 0.05) is 31.5 Å². The zero-order valence-corrected chi connectivity index (χ0v) is 17.4. The summed E-state index contributed by atoms with van der Waals surface area (Å²) in [6.45, 7) is 6.81. The highest BCUT2D eigenvalue weighted by Gasteiger charge is 2.35. The second-order valence-corrected chi connectivity index (χ2v) is 8.04. The average Bonchev–Trinajstić information content (AvgIpc) is 2.72. The first-order chi connectivity index (χ1) is 13.9. The molecule has 29 heavy (non-hydrogen) atoms. The molecule has 1 aromatic carbocycles. The highest BCUT2D eigenvalue weighted by Crippen LogP contribution is 2.34. The molecule has 2 heterocycles. The summed E-state index contributed by atoms with van der Waals surface area (Å²) in [6.07, 6.45) is 4.98. The van der Waals surface area contributed by atoms with E-state index in [0.717, 1.165) is 24.0 Å². The molecule has 0 aliphatic carbocycles. The zero-order chi connectivity index (χ0) is 20.8. The number of hydrogen-bond donors (Lipinski definition) is 2. The van der Waals surface area contributed by atoms with Crippen LogP contribution in [-0.4, -0.2) is 34.4 Å². The van der Waals surface area contributed by atoms with Crippen molar-refractivity contribution in [1.82, 2.24) is 20.5 Å². The molecule has 2 N–H and O–H groups in total. The van der Waals surface area contributed by atoms with Crippen LogP contribution in [0.25, 0.3) is 0 Å². The van der Waals surface area contributed by atoms with Crippen LogP contribution in [0.2, 0.25) is 0 Å². The summed E-state index contributed by atoms with van der Waals surface area (Å²) in [5.41, 5.74) is 3.25. The fourth-order valence-corrected chi connectivity index (χ4v) is 3.80. The molecule has 6 nitrogen and oxygen atoms in total. The first kappa shape index (κ1) is 20.8. The molecule has 1 aliphatic rings. The van der Waals surface area contributed by atoms with Gasteiger partial charge in [-0.3, -0.25) is 9.78 Å². The SMILES string of the molecule is Cc1cccc(C2CCC(C(=O)NCc3cccnc3)CN2C(=O)NC(C)C)c1. The Labute approximate surface area is 172 Å². The number of rotatable bonds is 5. The van der Waals surface area contributed by atoms with E-state index in [9.17, 15) is 9.59 Å². The first-order valence-corrected chi connectivity index (χ1v) is 10.2. The van der Waals surface area contributed by atoms with Crippen LogP contribution >= 0.6 is 0 Å². The second kappa shape index (κ2) is 9.54. The quantitative estimate of drug-likeness (QED) is 0.814. The molecular formula is C23H30N4O2. The van der Waals surface area contributed by atoms with Crippen LogP contribution in [0.1, 0.15) is 49.4 Å².